The van der Waals surface area contributed by atoms with Crippen LogP contribution in [0.4, 0.5) is 13.2 Å². The Labute approximate surface area is 194 Å². The van der Waals surface area contributed by atoms with Crippen LogP contribution in [0.3, 0.4) is 0 Å². The number of amides is 2. The number of methoxy groups -OCH3 is 1. The number of hydrogen-bond donors (Lipinski definition) is 3. The molecule has 10 heteroatoms. The zero-order valence-corrected chi connectivity index (χ0v) is 19.1. The smallest absolute Gasteiger partial charge is 0.446 e. The first-order valence-corrected chi connectivity index (χ1v) is 11.3. The molecule has 1 aliphatic rings. The maximum atomic E-state index is 12.9. The summed E-state index contributed by atoms with van der Waals surface area (Å²) in [6.45, 7) is 1.87. The molecule has 178 valence electrons. The van der Waals surface area contributed by atoms with Gasteiger partial charge < -0.3 is 15.4 Å². The van der Waals surface area contributed by atoms with Crippen LogP contribution >= 0.6 is 11.8 Å². The van der Waals surface area contributed by atoms with Crippen LogP contribution in [0.15, 0.2) is 53.4 Å². The van der Waals surface area contributed by atoms with E-state index >= 15 is 0 Å². The van der Waals surface area contributed by atoms with E-state index < -0.39 is 17.7 Å². The number of rotatable bonds is 8. The largest absolute Gasteiger partial charge is 0.497 e. The highest BCUT2D eigenvalue weighted by molar-refractivity contribution is 8.00. The zero-order valence-electron chi connectivity index (χ0n) is 18.2. The van der Waals surface area contributed by atoms with Gasteiger partial charge in [0.15, 0.2) is 0 Å². The Morgan fingerprint density at radius 3 is 2.42 bits per heavy atom. The SMILES string of the molecule is CC[C@@H](NC(=O)C1CC(=O)NC(Cc2ccc(OC)cc2)N1)c1ccc(SC(F)(F)F)cc1. The van der Waals surface area contributed by atoms with E-state index in [0.717, 1.165) is 11.3 Å². The van der Waals surface area contributed by atoms with Gasteiger partial charge in [-0.2, -0.15) is 13.2 Å². The topological polar surface area (TPSA) is 79.5 Å². The lowest BCUT2D eigenvalue weighted by molar-refractivity contribution is -0.132. The van der Waals surface area contributed by atoms with Crippen molar-refractivity contribution in [3.05, 3.63) is 59.7 Å². The van der Waals surface area contributed by atoms with Crippen LogP contribution < -0.4 is 20.7 Å². The van der Waals surface area contributed by atoms with E-state index in [2.05, 4.69) is 16.0 Å². The van der Waals surface area contributed by atoms with Gasteiger partial charge in [-0.3, -0.25) is 14.9 Å². The molecule has 0 bridgehead atoms. The fraction of sp³-hybridized carbons (Fsp3) is 0.391. The van der Waals surface area contributed by atoms with Gasteiger partial charge in [0.25, 0.3) is 0 Å². The molecule has 1 saturated heterocycles. The van der Waals surface area contributed by atoms with Gasteiger partial charge in [0, 0.05) is 11.3 Å². The third kappa shape index (κ3) is 7.40. The number of hydrogen-bond acceptors (Lipinski definition) is 5. The average Bonchev–Trinajstić information content (AvgIpc) is 2.77. The highest BCUT2D eigenvalue weighted by Gasteiger charge is 2.32. The number of nitrogens with one attached hydrogen (secondary N) is 3. The van der Waals surface area contributed by atoms with Gasteiger partial charge in [-0.15, -0.1) is 0 Å². The normalized spacial score (nSPS) is 19.5. The first-order valence-electron chi connectivity index (χ1n) is 10.5. The second-order valence-corrected chi connectivity index (χ2v) is 8.82. The minimum Gasteiger partial charge on any atom is -0.497 e. The Morgan fingerprint density at radius 1 is 1.18 bits per heavy atom. The molecule has 3 atom stereocenters. The zero-order chi connectivity index (χ0) is 24.0. The second-order valence-electron chi connectivity index (χ2n) is 7.68. The van der Waals surface area contributed by atoms with E-state index in [0.29, 0.717) is 18.4 Å². The molecular formula is C23H26F3N3O3S. The Balaban J connectivity index is 1.61. The maximum Gasteiger partial charge on any atom is 0.446 e. The summed E-state index contributed by atoms with van der Waals surface area (Å²) in [6.07, 6.45) is 0.637. The first kappa shape index (κ1) is 24.9. The molecular weight excluding hydrogens is 455 g/mol. The van der Waals surface area contributed by atoms with Crippen molar-refractivity contribution in [2.75, 3.05) is 7.11 Å². The summed E-state index contributed by atoms with van der Waals surface area (Å²) in [5.41, 5.74) is -2.68. The van der Waals surface area contributed by atoms with E-state index in [4.69, 9.17) is 4.74 Å². The van der Waals surface area contributed by atoms with Crippen LogP contribution in [0.1, 0.15) is 36.9 Å². The van der Waals surface area contributed by atoms with Crippen molar-refractivity contribution < 1.29 is 27.5 Å². The number of alkyl halides is 3. The summed E-state index contributed by atoms with van der Waals surface area (Å²) in [5, 5.41) is 8.93. The minimum atomic E-state index is -4.35. The molecule has 3 N–H and O–H groups in total. The number of carbonyl (C=O) groups excluding carboxylic acids is 2. The van der Waals surface area contributed by atoms with Gasteiger partial charge in [0.05, 0.1) is 31.8 Å². The van der Waals surface area contributed by atoms with Crippen molar-refractivity contribution >= 4 is 23.6 Å². The number of benzene rings is 2. The van der Waals surface area contributed by atoms with Gasteiger partial charge in [-0.25, -0.2) is 0 Å². The van der Waals surface area contributed by atoms with E-state index in [1.165, 1.54) is 12.1 Å². The quantitative estimate of drug-likeness (QED) is 0.498. The lowest BCUT2D eigenvalue weighted by Crippen LogP contribution is -2.61. The molecule has 0 aliphatic carbocycles. The molecule has 2 aromatic carbocycles. The van der Waals surface area contributed by atoms with Gasteiger partial charge in [0.1, 0.15) is 5.75 Å². The summed E-state index contributed by atoms with van der Waals surface area (Å²) in [6, 6.07) is 12.3. The number of ether oxygens (including phenoxy) is 1. The van der Waals surface area contributed by atoms with Gasteiger partial charge in [0.2, 0.25) is 11.8 Å². The molecule has 0 radical (unpaired) electrons. The Morgan fingerprint density at radius 2 is 1.85 bits per heavy atom. The molecule has 6 nitrogen and oxygen atoms in total. The van der Waals surface area contributed by atoms with Crippen LogP contribution in [-0.4, -0.2) is 36.6 Å². The molecule has 1 fully saturated rings. The van der Waals surface area contributed by atoms with E-state index in [9.17, 15) is 22.8 Å². The predicted molar refractivity (Wildman–Crippen MR) is 120 cm³/mol. The highest BCUT2D eigenvalue weighted by atomic mass is 32.2. The molecule has 33 heavy (non-hydrogen) atoms. The monoisotopic (exact) mass is 481 g/mol. The number of halogens is 3. The Hall–Kier alpha value is -2.72. The minimum absolute atomic E-state index is 0.00252. The van der Waals surface area contributed by atoms with Crippen molar-refractivity contribution in [1.82, 2.24) is 16.0 Å². The highest BCUT2D eigenvalue weighted by Crippen LogP contribution is 2.37. The lowest BCUT2D eigenvalue weighted by atomic mass is 10.0. The first-order chi connectivity index (χ1) is 15.7. The average molecular weight is 482 g/mol. The van der Waals surface area contributed by atoms with Crippen molar-refractivity contribution in [3.8, 4) is 5.75 Å². The summed E-state index contributed by atoms with van der Waals surface area (Å²) in [7, 11) is 1.58. The third-order valence-electron chi connectivity index (χ3n) is 5.28. The third-order valence-corrected chi connectivity index (χ3v) is 6.02. The second kappa shape index (κ2) is 10.9. The molecule has 2 unspecified atom stereocenters. The van der Waals surface area contributed by atoms with Crippen molar-refractivity contribution in [2.24, 2.45) is 0 Å². The molecule has 0 saturated carbocycles. The van der Waals surface area contributed by atoms with Crippen molar-refractivity contribution in [3.63, 3.8) is 0 Å². The Bertz CT molecular complexity index is 952. The van der Waals surface area contributed by atoms with Crippen LogP contribution in [0, 0.1) is 0 Å². The maximum absolute atomic E-state index is 12.9. The molecule has 1 heterocycles. The molecule has 2 amide bonds. The lowest BCUT2D eigenvalue weighted by Gasteiger charge is -2.32. The van der Waals surface area contributed by atoms with Crippen LogP contribution in [0.5, 0.6) is 5.75 Å². The van der Waals surface area contributed by atoms with Crippen LogP contribution in [0.2, 0.25) is 0 Å². The van der Waals surface area contributed by atoms with Gasteiger partial charge in [-0.1, -0.05) is 31.2 Å². The van der Waals surface area contributed by atoms with Gasteiger partial charge >= 0.3 is 5.51 Å². The fourth-order valence-electron chi connectivity index (χ4n) is 3.65. The fourth-order valence-corrected chi connectivity index (χ4v) is 4.19. The van der Waals surface area contributed by atoms with E-state index in [1.54, 1.807) is 19.2 Å². The van der Waals surface area contributed by atoms with E-state index in [-0.39, 0.29) is 40.9 Å². The molecule has 3 rings (SSSR count). The summed E-state index contributed by atoms with van der Waals surface area (Å²) in [5.74, 6) is 0.173. The van der Waals surface area contributed by atoms with Crippen molar-refractivity contribution in [1.29, 1.82) is 0 Å². The summed E-state index contributed by atoms with van der Waals surface area (Å²) in [4.78, 5) is 25.2. The van der Waals surface area contributed by atoms with E-state index in [1.807, 2.05) is 31.2 Å². The van der Waals surface area contributed by atoms with Crippen LogP contribution in [0.25, 0.3) is 0 Å². The van der Waals surface area contributed by atoms with Crippen molar-refractivity contribution in [2.45, 2.75) is 54.8 Å². The predicted octanol–water partition coefficient (Wildman–Crippen LogP) is 3.92. The molecule has 2 aromatic rings. The Kier molecular flexibility index (Phi) is 8.25. The molecule has 0 spiro atoms. The standard InChI is InChI=1S/C23H26F3N3O3S/c1-3-18(15-6-10-17(11-7-15)33-23(24,25)26)28-22(31)19-13-21(30)29-20(27-19)12-14-4-8-16(32-2)9-5-14/h4-11,18-20,27H,3,12-13H2,1-2H3,(H,28,31)(H,29,30)/t18-,19?,20?/m1/s1. The van der Waals surface area contributed by atoms with Crippen LogP contribution in [-0.2, 0) is 16.0 Å². The summed E-state index contributed by atoms with van der Waals surface area (Å²) >= 11 is -0.180. The number of thioether (sulfide) groups is 1. The van der Waals surface area contributed by atoms with Gasteiger partial charge in [-0.05, 0) is 53.6 Å². The molecule has 1 aliphatic heterocycles. The molecule has 0 aromatic heterocycles. The summed E-state index contributed by atoms with van der Waals surface area (Å²) < 4.78 is 42.8. The number of carbonyl (C=O) groups is 2.